The van der Waals surface area contributed by atoms with Gasteiger partial charge in [-0.1, -0.05) is 39.5 Å². The Kier molecular flexibility index (Phi) is 4.55. The summed E-state index contributed by atoms with van der Waals surface area (Å²) >= 11 is 0. The van der Waals surface area contributed by atoms with Gasteiger partial charge in [0.15, 0.2) is 0 Å². The summed E-state index contributed by atoms with van der Waals surface area (Å²) in [4.78, 5) is 0. The van der Waals surface area contributed by atoms with Gasteiger partial charge in [0.2, 0.25) is 0 Å². The van der Waals surface area contributed by atoms with Gasteiger partial charge in [0, 0.05) is 25.3 Å². The zero-order valence-electron chi connectivity index (χ0n) is 12.6. The molecule has 3 heteroatoms. The Bertz CT molecular complexity index is 268. The second-order valence-corrected chi connectivity index (χ2v) is 10.7. The van der Waals surface area contributed by atoms with Crippen LogP contribution >= 0.6 is 0 Å². The molecule has 0 aromatic heterocycles. The van der Waals surface area contributed by atoms with Gasteiger partial charge in [0.1, 0.15) is 0 Å². The molecule has 18 heavy (non-hydrogen) atoms. The minimum absolute atomic E-state index is 0.412. The molecule has 2 aliphatic rings. The summed E-state index contributed by atoms with van der Waals surface area (Å²) < 4.78 is 12.3. The second-order valence-electron chi connectivity index (χ2n) is 6.90. The van der Waals surface area contributed by atoms with Crippen LogP contribution in [0.3, 0.4) is 0 Å². The zero-order chi connectivity index (χ0) is 13.2. The lowest BCUT2D eigenvalue weighted by Gasteiger charge is -2.45. The van der Waals surface area contributed by atoms with Crippen LogP contribution in [0.15, 0.2) is 0 Å². The van der Waals surface area contributed by atoms with E-state index in [1.54, 1.807) is 0 Å². The Balaban J connectivity index is 2.24. The summed E-state index contributed by atoms with van der Waals surface area (Å²) in [6.45, 7) is 4.85. The Hall–Kier alpha value is 0.137. The maximum absolute atomic E-state index is 6.16. The van der Waals surface area contributed by atoms with E-state index in [0.29, 0.717) is 11.0 Å². The maximum atomic E-state index is 6.16. The molecule has 1 atom stereocenters. The number of rotatable bonds is 4. The van der Waals surface area contributed by atoms with E-state index in [1.165, 1.54) is 51.4 Å². The molecular weight excluding hydrogens is 240 g/mol. The van der Waals surface area contributed by atoms with Crippen molar-refractivity contribution in [3.05, 3.63) is 0 Å². The largest absolute Gasteiger partial charge is 0.397 e. The van der Waals surface area contributed by atoms with Crippen molar-refractivity contribution in [1.82, 2.24) is 0 Å². The lowest BCUT2D eigenvalue weighted by molar-refractivity contribution is 0.179. The molecule has 106 valence electrons. The van der Waals surface area contributed by atoms with Gasteiger partial charge in [-0.3, -0.25) is 0 Å². The molecule has 0 aliphatic heterocycles. The molecule has 2 saturated carbocycles. The first-order chi connectivity index (χ1) is 8.57. The van der Waals surface area contributed by atoms with E-state index in [1.807, 2.05) is 14.2 Å². The van der Waals surface area contributed by atoms with E-state index < -0.39 is 8.56 Å². The van der Waals surface area contributed by atoms with Gasteiger partial charge in [0.25, 0.3) is 0 Å². The summed E-state index contributed by atoms with van der Waals surface area (Å²) in [6, 6.07) is 0. The minimum atomic E-state index is -2.04. The average Bonchev–Trinajstić information content (AvgIpc) is 2.74. The highest BCUT2D eigenvalue weighted by Crippen LogP contribution is 2.57. The monoisotopic (exact) mass is 270 g/mol. The molecule has 0 aromatic carbocycles. The van der Waals surface area contributed by atoms with Crippen LogP contribution in [0.1, 0.15) is 65.2 Å². The van der Waals surface area contributed by atoms with Crippen LogP contribution in [0.4, 0.5) is 0 Å². The van der Waals surface area contributed by atoms with Crippen LogP contribution in [-0.4, -0.2) is 22.8 Å². The summed E-state index contributed by atoms with van der Waals surface area (Å²) in [7, 11) is 1.79. The smallest absolute Gasteiger partial charge is 0.344 e. The van der Waals surface area contributed by atoms with E-state index in [9.17, 15) is 0 Å². The second kappa shape index (κ2) is 5.64. The van der Waals surface area contributed by atoms with Crippen molar-refractivity contribution < 1.29 is 8.85 Å². The molecule has 0 spiro atoms. The van der Waals surface area contributed by atoms with E-state index in [4.69, 9.17) is 8.85 Å². The SMILES string of the molecule is CO[Si](OC)(C1CCCCC1)C1CCCC1(C)C. The molecule has 2 aliphatic carbocycles. The van der Waals surface area contributed by atoms with Gasteiger partial charge in [-0.25, -0.2) is 0 Å². The molecule has 0 N–H and O–H groups in total. The minimum Gasteiger partial charge on any atom is -0.397 e. The normalized spacial score (nSPS) is 29.7. The van der Waals surface area contributed by atoms with E-state index in [2.05, 4.69) is 13.8 Å². The number of hydrogen-bond acceptors (Lipinski definition) is 2. The van der Waals surface area contributed by atoms with Gasteiger partial charge in [-0.05, 0) is 31.1 Å². The maximum Gasteiger partial charge on any atom is 0.344 e. The van der Waals surface area contributed by atoms with Crippen molar-refractivity contribution in [1.29, 1.82) is 0 Å². The first kappa shape index (κ1) is 14.5. The highest BCUT2D eigenvalue weighted by molar-refractivity contribution is 6.70. The first-order valence-corrected chi connectivity index (χ1v) is 9.64. The zero-order valence-corrected chi connectivity index (χ0v) is 13.6. The number of hydrogen-bond donors (Lipinski definition) is 0. The van der Waals surface area contributed by atoms with Crippen molar-refractivity contribution in [2.75, 3.05) is 14.2 Å². The molecule has 2 nitrogen and oxygen atoms in total. The summed E-state index contributed by atoms with van der Waals surface area (Å²) in [5.41, 5.74) is 1.82. The van der Waals surface area contributed by atoms with E-state index >= 15 is 0 Å². The summed E-state index contributed by atoms with van der Waals surface area (Å²) in [5.74, 6) is 0. The standard InChI is InChI=1S/C15H30O2Si/c1-15(2)12-8-11-14(15)18(16-3,17-4)13-9-6-5-7-10-13/h13-14H,5-12H2,1-4H3. The fourth-order valence-corrected chi connectivity index (χ4v) is 9.59. The fraction of sp³-hybridized carbons (Fsp3) is 1.00. The van der Waals surface area contributed by atoms with Gasteiger partial charge >= 0.3 is 8.56 Å². The van der Waals surface area contributed by atoms with Crippen LogP contribution in [0.5, 0.6) is 0 Å². The van der Waals surface area contributed by atoms with Crippen LogP contribution in [0, 0.1) is 5.41 Å². The third-order valence-electron chi connectivity index (χ3n) is 5.56. The topological polar surface area (TPSA) is 18.5 Å². The fourth-order valence-electron chi connectivity index (χ4n) is 4.56. The molecule has 2 fully saturated rings. The van der Waals surface area contributed by atoms with Crippen molar-refractivity contribution in [2.45, 2.75) is 76.3 Å². The molecule has 2 rings (SSSR count). The molecule has 1 unspecified atom stereocenters. The molecule has 0 amide bonds. The predicted octanol–water partition coefficient (Wildman–Crippen LogP) is 4.64. The Morgan fingerprint density at radius 2 is 1.50 bits per heavy atom. The van der Waals surface area contributed by atoms with Gasteiger partial charge < -0.3 is 8.85 Å². The summed E-state index contributed by atoms with van der Waals surface area (Å²) in [6.07, 6.45) is 10.8. The van der Waals surface area contributed by atoms with Gasteiger partial charge in [0.05, 0.1) is 0 Å². The Morgan fingerprint density at radius 1 is 0.889 bits per heavy atom. The van der Waals surface area contributed by atoms with Crippen LogP contribution in [0.2, 0.25) is 11.1 Å². The van der Waals surface area contributed by atoms with Gasteiger partial charge in [-0.15, -0.1) is 0 Å². The molecule has 0 heterocycles. The average molecular weight is 270 g/mol. The van der Waals surface area contributed by atoms with Crippen molar-refractivity contribution in [3.63, 3.8) is 0 Å². The third-order valence-corrected chi connectivity index (χ3v) is 10.6. The molecule has 0 radical (unpaired) electrons. The lowest BCUT2D eigenvalue weighted by atomic mass is 9.91. The highest BCUT2D eigenvalue weighted by Gasteiger charge is 2.57. The molecule has 0 aromatic rings. The van der Waals surface area contributed by atoms with Crippen molar-refractivity contribution in [3.8, 4) is 0 Å². The van der Waals surface area contributed by atoms with E-state index in [0.717, 1.165) is 5.54 Å². The van der Waals surface area contributed by atoms with Gasteiger partial charge in [-0.2, -0.15) is 0 Å². The van der Waals surface area contributed by atoms with E-state index in [-0.39, 0.29) is 0 Å². The Labute approximate surface area is 114 Å². The highest BCUT2D eigenvalue weighted by atomic mass is 28.4. The quantitative estimate of drug-likeness (QED) is 0.693. The molecular formula is C15H30O2Si. The van der Waals surface area contributed by atoms with Crippen LogP contribution in [-0.2, 0) is 8.85 Å². The van der Waals surface area contributed by atoms with Crippen LogP contribution < -0.4 is 0 Å². The third kappa shape index (κ3) is 2.41. The van der Waals surface area contributed by atoms with Crippen molar-refractivity contribution >= 4 is 8.56 Å². The van der Waals surface area contributed by atoms with Crippen molar-refractivity contribution in [2.24, 2.45) is 5.41 Å². The Morgan fingerprint density at radius 3 is 1.94 bits per heavy atom. The first-order valence-electron chi connectivity index (χ1n) is 7.67. The molecule has 0 saturated heterocycles. The lowest BCUT2D eigenvalue weighted by Crippen LogP contribution is -2.52. The predicted molar refractivity (Wildman–Crippen MR) is 78.0 cm³/mol. The van der Waals surface area contributed by atoms with Crippen LogP contribution in [0.25, 0.3) is 0 Å². The molecule has 0 bridgehead atoms. The summed E-state index contributed by atoms with van der Waals surface area (Å²) in [5, 5.41) is 0.